The number of nitrogens with one attached hydrogen (secondary N) is 1. The lowest BCUT2D eigenvalue weighted by Crippen LogP contribution is -2.25. The Morgan fingerprint density at radius 3 is 2.61 bits per heavy atom. The summed E-state index contributed by atoms with van der Waals surface area (Å²) in [6.45, 7) is 5.09. The largest absolute Gasteiger partial charge is 0.310 e. The van der Waals surface area contributed by atoms with Crippen LogP contribution in [0.25, 0.3) is 0 Å². The molecule has 4 nitrogen and oxygen atoms in total. The van der Waals surface area contributed by atoms with Crippen LogP contribution in [0.15, 0.2) is 24.3 Å². The molecule has 1 atom stereocenters. The van der Waals surface area contributed by atoms with E-state index >= 15 is 0 Å². The van der Waals surface area contributed by atoms with Crippen LogP contribution in [0.1, 0.15) is 25.8 Å². The summed E-state index contributed by atoms with van der Waals surface area (Å²) in [7, 11) is 0. The van der Waals surface area contributed by atoms with E-state index in [9.17, 15) is 10.1 Å². The van der Waals surface area contributed by atoms with E-state index in [4.69, 9.17) is 0 Å². The predicted octanol–water partition coefficient (Wildman–Crippen LogP) is 3.22. The molecule has 0 saturated heterocycles. The predicted molar refractivity (Wildman–Crippen MR) is 77.0 cm³/mol. The Morgan fingerprint density at radius 2 is 2.06 bits per heavy atom. The fourth-order valence-electron chi connectivity index (χ4n) is 1.53. The molecule has 0 spiro atoms. The van der Waals surface area contributed by atoms with Crippen molar-refractivity contribution in [2.75, 3.05) is 11.5 Å². The van der Waals surface area contributed by atoms with E-state index in [0.717, 1.165) is 24.3 Å². The molecule has 1 aromatic rings. The fraction of sp³-hybridized carbons (Fsp3) is 0.538. The maximum absolute atomic E-state index is 10.5. The molecule has 0 fully saturated rings. The van der Waals surface area contributed by atoms with Crippen molar-refractivity contribution in [3.05, 3.63) is 39.9 Å². The molecule has 1 unspecified atom stereocenters. The van der Waals surface area contributed by atoms with Crippen LogP contribution in [0.4, 0.5) is 5.69 Å². The number of nitro benzene ring substituents is 1. The van der Waals surface area contributed by atoms with Crippen molar-refractivity contribution in [1.29, 1.82) is 0 Å². The highest BCUT2D eigenvalue weighted by molar-refractivity contribution is 7.99. The third kappa shape index (κ3) is 5.51. The Hall–Kier alpha value is -1.07. The van der Waals surface area contributed by atoms with Crippen molar-refractivity contribution in [2.45, 2.75) is 32.9 Å². The summed E-state index contributed by atoms with van der Waals surface area (Å²) >= 11 is 1.95. The second kappa shape index (κ2) is 8.11. The molecule has 1 N–H and O–H groups in total. The highest BCUT2D eigenvalue weighted by Crippen LogP contribution is 2.12. The van der Waals surface area contributed by atoms with Crippen molar-refractivity contribution >= 4 is 17.4 Å². The van der Waals surface area contributed by atoms with E-state index in [1.54, 1.807) is 24.3 Å². The summed E-state index contributed by atoms with van der Waals surface area (Å²) < 4.78 is 0. The second-order valence-corrected chi connectivity index (χ2v) is 5.58. The zero-order chi connectivity index (χ0) is 13.4. The van der Waals surface area contributed by atoms with Crippen LogP contribution in [0, 0.1) is 10.1 Å². The monoisotopic (exact) mass is 268 g/mol. The molecule has 0 radical (unpaired) electrons. The first kappa shape index (κ1) is 15.0. The number of non-ortho nitro benzene ring substituents is 1. The molecule has 1 rings (SSSR count). The minimum Gasteiger partial charge on any atom is -0.310 e. The van der Waals surface area contributed by atoms with Crippen molar-refractivity contribution in [2.24, 2.45) is 0 Å². The number of nitrogens with zero attached hydrogens (tertiary/aromatic N) is 1. The average molecular weight is 268 g/mol. The van der Waals surface area contributed by atoms with Gasteiger partial charge in [-0.25, -0.2) is 0 Å². The summed E-state index contributed by atoms with van der Waals surface area (Å²) in [6.07, 6.45) is 1.14. The van der Waals surface area contributed by atoms with Gasteiger partial charge in [-0.15, -0.1) is 0 Å². The molecular weight excluding hydrogens is 248 g/mol. The second-order valence-electron chi connectivity index (χ2n) is 4.19. The van der Waals surface area contributed by atoms with E-state index in [1.165, 1.54) is 5.75 Å². The Bertz CT molecular complexity index is 368. The van der Waals surface area contributed by atoms with Gasteiger partial charge in [0.05, 0.1) is 4.92 Å². The van der Waals surface area contributed by atoms with Crippen LogP contribution >= 0.6 is 11.8 Å². The maximum atomic E-state index is 10.5. The zero-order valence-corrected chi connectivity index (χ0v) is 11.7. The van der Waals surface area contributed by atoms with Crippen LogP contribution in [-0.2, 0) is 6.54 Å². The molecule has 100 valence electrons. The van der Waals surface area contributed by atoms with Gasteiger partial charge >= 0.3 is 0 Å². The number of rotatable bonds is 8. The lowest BCUT2D eigenvalue weighted by molar-refractivity contribution is -0.384. The average Bonchev–Trinajstić information content (AvgIpc) is 2.37. The van der Waals surface area contributed by atoms with E-state index in [1.807, 2.05) is 11.8 Å². The standard InChI is InChI=1S/C13H20N2O2S/c1-3-18-9-8-11(2)14-10-12-4-6-13(7-5-12)15(16)17/h4-7,11,14H,3,8-10H2,1-2H3. The van der Waals surface area contributed by atoms with Gasteiger partial charge in [0.1, 0.15) is 0 Å². The van der Waals surface area contributed by atoms with Gasteiger partial charge in [-0.2, -0.15) is 11.8 Å². The van der Waals surface area contributed by atoms with Crippen LogP contribution in [0.2, 0.25) is 0 Å². The summed E-state index contributed by atoms with van der Waals surface area (Å²) in [6, 6.07) is 7.18. The molecule has 0 bridgehead atoms. The first-order chi connectivity index (χ1) is 8.63. The minimum atomic E-state index is -0.373. The number of hydrogen-bond acceptors (Lipinski definition) is 4. The van der Waals surface area contributed by atoms with Crippen LogP contribution in [-0.4, -0.2) is 22.5 Å². The molecule has 1 aromatic carbocycles. The Labute approximate surface area is 112 Å². The molecule has 0 aliphatic rings. The lowest BCUT2D eigenvalue weighted by Gasteiger charge is -2.13. The highest BCUT2D eigenvalue weighted by Gasteiger charge is 2.05. The third-order valence-corrected chi connectivity index (χ3v) is 3.63. The van der Waals surface area contributed by atoms with Crippen LogP contribution < -0.4 is 5.32 Å². The number of nitro groups is 1. The van der Waals surface area contributed by atoms with Gasteiger partial charge in [-0.3, -0.25) is 10.1 Å². The molecule has 0 aliphatic carbocycles. The van der Waals surface area contributed by atoms with Crippen molar-refractivity contribution in [1.82, 2.24) is 5.32 Å². The summed E-state index contributed by atoms with van der Waals surface area (Å²) in [4.78, 5) is 10.1. The number of hydrogen-bond donors (Lipinski definition) is 1. The van der Waals surface area contributed by atoms with Gasteiger partial charge in [0, 0.05) is 24.7 Å². The van der Waals surface area contributed by atoms with E-state index in [0.29, 0.717) is 6.04 Å². The zero-order valence-electron chi connectivity index (χ0n) is 10.9. The normalized spacial score (nSPS) is 12.3. The first-order valence-electron chi connectivity index (χ1n) is 6.18. The van der Waals surface area contributed by atoms with Crippen molar-refractivity contribution in [3.8, 4) is 0 Å². The molecule has 18 heavy (non-hydrogen) atoms. The van der Waals surface area contributed by atoms with E-state index < -0.39 is 0 Å². The summed E-state index contributed by atoms with van der Waals surface area (Å²) in [5.41, 5.74) is 1.22. The summed E-state index contributed by atoms with van der Waals surface area (Å²) in [5.74, 6) is 2.33. The maximum Gasteiger partial charge on any atom is 0.269 e. The number of benzene rings is 1. The Balaban J connectivity index is 2.32. The molecular formula is C13H20N2O2S. The van der Waals surface area contributed by atoms with Gasteiger partial charge in [0.15, 0.2) is 0 Å². The van der Waals surface area contributed by atoms with Crippen molar-refractivity contribution < 1.29 is 4.92 Å². The third-order valence-electron chi connectivity index (χ3n) is 2.70. The van der Waals surface area contributed by atoms with Gasteiger partial charge < -0.3 is 5.32 Å². The molecule has 0 saturated carbocycles. The highest BCUT2D eigenvalue weighted by atomic mass is 32.2. The quantitative estimate of drug-likeness (QED) is 0.447. The SMILES string of the molecule is CCSCCC(C)NCc1ccc([N+](=O)[O-])cc1. The Kier molecular flexibility index (Phi) is 6.75. The molecule has 0 aliphatic heterocycles. The Morgan fingerprint density at radius 1 is 1.39 bits per heavy atom. The molecule has 0 heterocycles. The molecule has 0 aromatic heterocycles. The van der Waals surface area contributed by atoms with Crippen molar-refractivity contribution in [3.63, 3.8) is 0 Å². The fourth-order valence-corrected chi connectivity index (χ4v) is 2.34. The minimum absolute atomic E-state index is 0.145. The van der Waals surface area contributed by atoms with Crippen LogP contribution in [0.5, 0.6) is 0 Å². The van der Waals surface area contributed by atoms with E-state index in [2.05, 4.69) is 19.2 Å². The molecule has 5 heteroatoms. The smallest absolute Gasteiger partial charge is 0.269 e. The molecule has 0 amide bonds. The van der Waals surface area contributed by atoms with E-state index in [-0.39, 0.29) is 10.6 Å². The topological polar surface area (TPSA) is 55.2 Å². The van der Waals surface area contributed by atoms with Gasteiger partial charge in [0.25, 0.3) is 5.69 Å². The van der Waals surface area contributed by atoms with Gasteiger partial charge in [-0.1, -0.05) is 19.1 Å². The van der Waals surface area contributed by atoms with Crippen LogP contribution in [0.3, 0.4) is 0 Å². The first-order valence-corrected chi connectivity index (χ1v) is 7.33. The lowest BCUT2D eigenvalue weighted by atomic mass is 10.2. The van der Waals surface area contributed by atoms with Gasteiger partial charge in [0.2, 0.25) is 0 Å². The number of thioether (sulfide) groups is 1. The van der Waals surface area contributed by atoms with Gasteiger partial charge in [-0.05, 0) is 30.4 Å². The summed E-state index contributed by atoms with van der Waals surface area (Å²) in [5, 5.41) is 13.9.